The minimum Gasteiger partial charge on any atom is -0.508 e. The fraction of sp³-hybridized carbons (Fsp3) is 0.154. The van der Waals surface area contributed by atoms with Gasteiger partial charge in [-0.15, -0.1) is 0 Å². The van der Waals surface area contributed by atoms with Gasteiger partial charge in [0, 0.05) is 6.54 Å². The van der Waals surface area contributed by atoms with Gasteiger partial charge in [-0.1, -0.05) is 30.3 Å². The summed E-state index contributed by atoms with van der Waals surface area (Å²) in [6, 6.07) is 15.3. The molecule has 0 aliphatic carbocycles. The molecule has 1 unspecified atom stereocenters. The van der Waals surface area contributed by atoms with Gasteiger partial charge >= 0.3 is 0 Å². The van der Waals surface area contributed by atoms with Crippen LogP contribution in [0.5, 0.6) is 5.75 Å². The minimum atomic E-state index is -0.740. The van der Waals surface area contributed by atoms with Gasteiger partial charge in [-0.2, -0.15) is 0 Å². The van der Waals surface area contributed by atoms with E-state index in [0.29, 0.717) is 22.1 Å². The normalized spacial score (nSPS) is 15.4. The Balaban J connectivity index is 1.75. The van der Waals surface area contributed by atoms with Crippen LogP contribution in [0.3, 0.4) is 0 Å². The molecule has 5 nitrogen and oxygen atoms in total. The summed E-state index contributed by atoms with van der Waals surface area (Å²) < 4.78 is 19.4. The van der Waals surface area contributed by atoms with Crippen LogP contribution in [-0.2, 0) is 6.54 Å². The van der Waals surface area contributed by atoms with Crippen molar-refractivity contribution in [1.82, 2.24) is 4.90 Å². The molecule has 4 aromatic rings. The van der Waals surface area contributed by atoms with E-state index in [2.05, 4.69) is 0 Å². The lowest BCUT2D eigenvalue weighted by molar-refractivity contribution is 0.0714. The molecule has 1 N–H and O–H groups in total. The van der Waals surface area contributed by atoms with E-state index in [1.165, 1.54) is 29.2 Å². The molecule has 1 aromatic heterocycles. The largest absolute Gasteiger partial charge is 0.508 e. The average molecular weight is 429 g/mol. The SMILES string of the molecule is Cc1cc(C)c2oc3c(c(=O)c2c1)C(c1cccc(O)c1)N(Cc1ccc(F)cc1)C3=O. The molecule has 0 radical (unpaired) electrons. The lowest BCUT2D eigenvalue weighted by Gasteiger charge is -2.25. The third-order valence-electron chi connectivity index (χ3n) is 5.85. The van der Waals surface area contributed by atoms with Crippen LogP contribution in [0.2, 0.25) is 0 Å². The van der Waals surface area contributed by atoms with Crippen molar-refractivity contribution >= 4 is 16.9 Å². The van der Waals surface area contributed by atoms with E-state index in [-0.39, 0.29) is 34.9 Å². The highest BCUT2D eigenvalue weighted by molar-refractivity contribution is 5.99. The average Bonchev–Trinajstić information content (AvgIpc) is 3.03. The molecular formula is C26H20FNO4. The summed E-state index contributed by atoms with van der Waals surface area (Å²) in [6.45, 7) is 3.89. The fourth-order valence-corrected chi connectivity index (χ4v) is 4.47. The number of halogens is 1. The Morgan fingerprint density at radius 1 is 1.03 bits per heavy atom. The monoisotopic (exact) mass is 429 g/mol. The molecule has 160 valence electrons. The number of phenols is 1. The molecule has 1 aliphatic heterocycles. The molecule has 1 amide bonds. The molecule has 1 aliphatic rings. The second-order valence-corrected chi connectivity index (χ2v) is 8.19. The second kappa shape index (κ2) is 7.34. The Bertz CT molecular complexity index is 1440. The van der Waals surface area contributed by atoms with Crippen molar-refractivity contribution in [2.24, 2.45) is 0 Å². The van der Waals surface area contributed by atoms with Crippen LogP contribution in [0, 0.1) is 19.7 Å². The van der Waals surface area contributed by atoms with E-state index < -0.39 is 11.9 Å². The predicted octanol–water partition coefficient (Wildman–Crippen LogP) is 5.00. The Kier molecular flexibility index (Phi) is 4.59. The Labute approximate surface area is 183 Å². The third-order valence-corrected chi connectivity index (χ3v) is 5.85. The Morgan fingerprint density at radius 3 is 2.50 bits per heavy atom. The van der Waals surface area contributed by atoms with E-state index in [0.717, 1.165) is 11.1 Å². The number of rotatable bonds is 3. The van der Waals surface area contributed by atoms with Crippen molar-refractivity contribution in [3.05, 3.63) is 110 Å². The number of aryl methyl sites for hydroxylation is 2. The van der Waals surface area contributed by atoms with E-state index in [9.17, 15) is 19.1 Å². The Hall–Kier alpha value is -3.93. The number of nitrogens with zero attached hydrogens (tertiary/aromatic N) is 1. The van der Waals surface area contributed by atoms with Crippen molar-refractivity contribution in [1.29, 1.82) is 0 Å². The van der Waals surface area contributed by atoms with Crippen LogP contribution in [0.1, 0.15) is 44.4 Å². The quantitative estimate of drug-likeness (QED) is 0.498. The van der Waals surface area contributed by atoms with Crippen LogP contribution in [0.4, 0.5) is 4.39 Å². The molecule has 0 bridgehead atoms. The molecule has 2 heterocycles. The molecule has 3 aromatic carbocycles. The van der Waals surface area contributed by atoms with Gasteiger partial charge in [0.15, 0.2) is 5.43 Å². The van der Waals surface area contributed by atoms with Gasteiger partial charge in [-0.3, -0.25) is 9.59 Å². The smallest absolute Gasteiger partial charge is 0.291 e. The van der Waals surface area contributed by atoms with E-state index in [4.69, 9.17) is 4.42 Å². The van der Waals surface area contributed by atoms with Crippen LogP contribution >= 0.6 is 0 Å². The molecule has 32 heavy (non-hydrogen) atoms. The summed E-state index contributed by atoms with van der Waals surface area (Å²) in [5.74, 6) is -0.758. The molecule has 0 fully saturated rings. The lowest BCUT2D eigenvalue weighted by atomic mass is 9.97. The Morgan fingerprint density at radius 2 is 1.78 bits per heavy atom. The van der Waals surface area contributed by atoms with Crippen LogP contribution in [-0.4, -0.2) is 15.9 Å². The number of phenolic OH excluding ortho intramolecular Hbond substituents is 1. The first kappa shape index (κ1) is 20.0. The zero-order chi connectivity index (χ0) is 22.6. The summed E-state index contributed by atoms with van der Waals surface area (Å²) in [4.78, 5) is 28.6. The van der Waals surface area contributed by atoms with E-state index in [1.807, 2.05) is 19.9 Å². The molecule has 0 saturated heterocycles. The highest BCUT2D eigenvalue weighted by Crippen LogP contribution is 2.40. The maximum atomic E-state index is 13.6. The summed E-state index contributed by atoms with van der Waals surface area (Å²) >= 11 is 0. The topological polar surface area (TPSA) is 70.8 Å². The maximum Gasteiger partial charge on any atom is 0.291 e. The van der Waals surface area contributed by atoms with Gasteiger partial charge in [0.2, 0.25) is 5.76 Å². The molecule has 1 atom stereocenters. The van der Waals surface area contributed by atoms with Crippen molar-refractivity contribution in [3.8, 4) is 5.75 Å². The number of carbonyl (C=O) groups excluding carboxylic acids is 1. The van der Waals surface area contributed by atoms with Crippen molar-refractivity contribution in [3.63, 3.8) is 0 Å². The summed E-state index contributed by atoms with van der Waals surface area (Å²) in [7, 11) is 0. The molecular weight excluding hydrogens is 409 g/mol. The van der Waals surface area contributed by atoms with Gasteiger partial charge in [0.25, 0.3) is 5.91 Å². The first-order chi connectivity index (χ1) is 15.3. The van der Waals surface area contributed by atoms with Gasteiger partial charge in [0.1, 0.15) is 17.1 Å². The summed E-state index contributed by atoms with van der Waals surface area (Å²) in [5, 5.41) is 10.5. The molecule has 5 rings (SSSR count). The zero-order valence-electron chi connectivity index (χ0n) is 17.6. The van der Waals surface area contributed by atoms with E-state index in [1.54, 1.807) is 30.3 Å². The predicted molar refractivity (Wildman–Crippen MR) is 118 cm³/mol. The minimum absolute atomic E-state index is 0.00454. The maximum absolute atomic E-state index is 13.6. The van der Waals surface area contributed by atoms with Gasteiger partial charge in [0.05, 0.1) is 17.0 Å². The number of benzene rings is 3. The standard InChI is InChI=1S/C26H20FNO4/c1-14-10-15(2)24-20(11-14)23(30)21-22(17-4-3-5-19(29)12-17)28(26(31)25(21)32-24)13-16-6-8-18(27)9-7-16/h3-12,22,29H,13H2,1-2H3. The first-order valence-electron chi connectivity index (χ1n) is 10.3. The van der Waals surface area contributed by atoms with E-state index >= 15 is 0 Å². The number of amides is 1. The number of hydrogen-bond donors (Lipinski definition) is 1. The summed E-state index contributed by atoms with van der Waals surface area (Å²) in [5.41, 5.74) is 3.38. The second-order valence-electron chi connectivity index (χ2n) is 8.19. The van der Waals surface area contributed by atoms with Crippen LogP contribution in [0.25, 0.3) is 11.0 Å². The molecule has 0 saturated carbocycles. The van der Waals surface area contributed by atoms with Gasteiger partial charge in [-0.25, -0.2) is 4.39 Å². The van der Waals surface area contributed by atoms with Crippen LogP contribution in [0.15, 0.2) is 69.9 Å². The molecule has 6 heteroatoms. The number of carbonyl (C=O) groups is 1. The van der Waals surface area contributed by atoms with Gasteiger partial charge in [-0.05, 0) is 66.4 Å². The number of fused-ring (bicyclic) bond motifs is 2. The summed E-state index contributed by atoms with van der Waals surface area (Å²) in [6.07, 6.45) is 0. The lowest BCUT2D eigenvalue weighted by Crippen LogP contribution is -2.29. The molecule has 0 spiro atoms. The number of hydrogen-bond acceptors (Lipinski definition) is 4. The van der Waals surface area contributed by atoms with Crippen molar-refractivity contribution < 1.29 is 18.7 Å². The van der Waals surface area contributed by atoms with Crippen molar-refractivity contribution in [2.45, 2.75) is 26.4 Å². The van der Waals surface area contributed by atoms with Gasteiger partial charge < -0.3 is 14.4 Å². The highest BCUT2D eigenvalue weighted by Gasteiger charge is 2.43. The van der Waals surface area contributed by atoms with Crippen LogP contribution < -0.4 is 5.43 Å². The number of aromatic hydroxyl groups is 1. The van der Waals surface area contributed by atoms with Crippen molar-refractivity contribution in [2.75, 3.05) is 0 Å². The highest BCUT2D eigenvalue weighted by atomic mass is 19.1. The first-order valence-corrected chi connectivity index (χ1v) is 10.3. The zero-order valence-corrected chi connectivity index (χ0v) is 17.6. The third kappa shape index (κ3) is 3.15. The fourth-order valence-electron chi connectivity index (χ4n) is 4.47.